The second-order valence-corrected chi connectivity index (χ2v) is 3.24. The van der Waals surface area contributed by atoms with Gasteiger partial charge in [0, 0.05) is 12.6 Å². The topological polar surface area (TPSA) is 32.3 Å². The Morgan fingerprint density at radius 2 is 2.10 bits per heavy atom. The molecule has 0 radical (unpaired) electrons. The zero-order valence-corrected chi connectivity index (χ0v) is 6.64. The second-order valence-electron chi connectivity index (χ2n) is 3.24. The lowest BCUT2D eigenvalue weighted by Crippen LogP contribution is -2.32. The molecular formula is C8H17NO. The Kier molecular flexibility index (Phi) is 3.16. The van der Waals surface area contributed by atoms with Gasteiger partial charge in [-0.25, -0.2) is 0 Å². The smallest absolute Gasteiger partial charge is 0.0636 e. The van der Waals surface area contributed by atoms with Crippen LogP contribution < -0.4 is 5.32 Å². The SMILES string of the molecule is C[C@@H](O)CNC1CCCC1. The lowest BCUT2D eigenvalue weighted by Gasteiger charge is -2.12. The van der Waals surface area contributed by atoms with Gasteiger partial charge in [-0.1, -0.05) is 12.8 Å². The lowest BCUT2D eigenvalue weighted by atomic mass is 10.2. The van der Waals surface area contributed by atoms with Crippen LogP contribution in [-0.4, -0.2) is 23.8 Å². The van der Waals surface area contributed by atoms with E-state index in [1.807, 2.05) is 6.92 Å². The van der Waals surface area contributed by atoms with Gasteiger partial charge in [-0.3, -0.25) is 0 Å². The molecule has 0 bridgehead atoms. The lowest BCUT2D eigenvalue weighted by molar-refractivity contribution is 0.186. The number of aliphatic hydroxyl groups is 1. The van der Waals surface area contributed by atoms with Gasteiger partial charge in [-0.15, -0.1) is 0 Å². The third-order valence-corrected chi connectivity index (χ3v) is 2.06. The molecule has 0 aromatic heterocycles. The third kappa shape index (κ3) is 2.67. The normalized spacial score (nSPS) is 23.4. The fraction of sp³-hybridized carbons (Fsp3) is 1.00. The van der Waals surface area contributed by atoms with E-state index in [0.717, 1.165) is 6.54 Å². The average Bonchev–Trinajstić information content (AvgIpc) is 2.34. The minimum Gasteiger partial charge on any atom is -0.392 e. The summed E-state index contributed by atoms with van der Waals surface area (Å²) in [5, 5.41) is 12.3. The Labute approximate surface area is 62.6 Å². The van der Waals surface area contributed by atoms with E-state index in [1.165, 1.54) is 25.7 Å². The van der Waals surface area contributed by atoms with Crippen molar-refractivity contribution in [3.05, 3.63) is 0 Å². The van der Waals surface area contributed by atoms with Crippen LogP contribution in [0.1, 0.15) is 32.6 Å². The van der Waals surface area contributed by atoms with Crippen molar-refractivity contribution in [1.29, 1.82) is 0 Å². The standard InChI is InChI=1S/C8H17NO/c1-7(10)6-9-8-4-2-3-5-8/h7-10H,2-6H2,1H3/t7-/m1/s1. The molecule has 0 spiro atoms. The third-order valence-electron chi connectivity index (χ3n) is 2.06. The zero-order valence-electron chi connectivity index (χ0n) is 6.64. The van der Waals surface area contributed by atoms with E-state index in [4.69, 9.17) is 5.11 Å². The van der Waals surface area contributed by atoms with Crippen molar-refractivity contribution in [2.75, 3.05) is 6.54 Å². The number of hydrogen-bond donors (Lipinski definition) is 2. The van der Waals surface area contributed by atoms with Gasteiger partial charge < -0.3 is 10.4 Å². The fourth-order valence-corrected chi connectivity index (χ4v) is 1.47. The maximum atomic E-state index is 8.95. The highest BCUT2D eigenvalue weighted by Gasteiger charge is 2.13. The van der Waals surface area contributed by atoms with Gasteiger partial charge in [-0.2, -0.15) is 0 Å². The molecule has 0 aromatic carbocycles. The molecule has 1 aliphatic carbocycles. The first-order chi connectivity index (χ1) is 4.79. The monoisotopic (exact) mass is 143 g/mol. The van der Waals surface area contributed by atoms with Crippen LogP contribution >= 0.6 is 0 Å². The summed E-state index contributed by atoms with van der Waals surface area (Å²) in [6, 6.07) is 0.689. The van der Waals surface area contributed by atoms with E-state index in [9.17, 15) is 0 Å². The molecule has 0 aromatic rings. The highest BCUT2D eigenvalue weighted by atomic mass is 16.3. The van der Waals surface area contributed by atoms with E-state index in [0.29, 0.717) is 6.04 Å². The minimum atomic E-state index is -0.194. The van der Waals surface area contributed by atoms with Crippen LogP contribution in [0.2, 0.25) is 0 Å². The van der Waals surface area contributed by atoms with Crippen LogP contribution in [-0.2, 0) is 0 Å². The maximum absolute atomic E-state index is 8.95. The molecule has 0 amide bonds. The Hall–Kier alpha value is -0.0800. The predicted octanol–water partition coefficient (Wildman–Crippen LogP) is 0.899. The molecule has 2 nitrogen and oxygen atoms in total. The molecule has 0 unspecified atom stereocenters. The number of aliphatic hydroxyl groups excluding tert-OH is 1. The summed E-state index contributed by atoms with van der Waals surface area (Å²) in [6.07, 6.45) is 5.12. The van der Waals surface area contributed by atoms with Gasteiger partial charge in [0.25, 0.3) is 0 Å². The van der Waals surface area contributed by atoms with Crippen LogP contribution in [0, 0.1) is 0 Å². The van der Waals surface area contributed by atoms with Crippen molar-refractivity contribution in [2.24, 2.45) is 0 Å². The van der Waals surface area contributed by atoms with Crippen LogP contribution in [0.3, 0.4) is 0 Å². The van der Waals surface area contributed by atoms with Gasteiger partial charge in [0.2, 0.25) is 0 Å². The first-order valence-electron chi connectivity index (χ1n) is 4.20. The molecule has 1 rings (SSSR count). The van der Waals surface area contributed by atoms with Gasteiger partial charge in [0.15, 0.2) is 0 Å². The quantitative estimate of drug-likeness (QED) is 0.615. The van der Waals surface area contributed by atoms with Crippen molar-refractivity contribution >= 4 is 0 Å². The molecule has 0 heterocycles. The molecule has 1 aliphatic rings. The van der Waals surface area contributed by atoms with Gasteiger partial charge >= 0.3 is 0 Å². The summed E-state index contributed by atoms with van der Waals surface area (Å²) in [4.78, 5) is 0. The summed E-state index contributed by atoms with van der Waals surface area (Å²) >= 11 is 0. The van der Waals surface area contributed by atoms with Crippen LogP contribution in [0.15, 0.2) is 0 Å². The highest BCUT2D eigenvalue weighted by Crippen LogP contribution is 2.17. The van der Waals surface area contributed by atoms with Crippen LogP contribution in [0.4, 0.5) is 0 Å². The fourth-order valence-electron chi connectivity index (χ4n) is 1.47. The van der Waals surface area contributed by atoms with Gasteiger partial charge in [0.1, 0.15) is 0 Å². The summed E-state index contributed by atoms with van der Waals surface area (Å²) in [6.45, 7) is 2.58. The van der Waals surface area contributed by atoms with Crippen LogP contribution in [0.25, 0.3) is 0 Å². The van der Waals surface area contributed by atoms with E-state index < -0.39 is 0 Å². The van der Waals surface area contributed by atoms with Crippen molar-refractivity contribution in [3.8, 4) is 0 Å². The molecule has 1 saturated carbocycles. The summed E-state index contributed by atoms with van der Waals surface area (Å²) in [5.74, 6) is 0. The van der Waals surface area contributed by atoms with E-state index in [2.05, 4.69) is 5.32 Å². The minimum absolute atomic E-state index is 0.194. The largest absolute Gasteiger partial charge is 0.392 e. The maximum Gasteiger partial charge on any atom is 0.0636 e. The summed E-state index contributed by atoms with van der Waals surface area (Å²) in [5.41, 5.74) is 0. The van der Waals surface area contributed by atoms with E-state index >= 15 is 0 Å². The molecule has 2 heteroatoms. The number of nitrogens with one attached hydrogen (secondary N) is 1. The molecule has 0 saturated heterocycles. The average molecular weight is 143 g/mol. The molecule has 2 N–H and O–H groups in total. The van der Waals surface area contributed by atoms with Crippen molar-refractivity contribution in [2.45, 2.75) is 44.8 Å². The number of rotatable bonds is 3. The van der Waals surface area contributed by atoms with Crippen molar-refractivity contribution < 1.29 is 5.11 Å². The van der Waals surface area contributed by atoms with E-state index in [-0.39, 0.29) is 6.10 Å². The van der Waals surface area contributed by atoms with Gasteiger partial charge in [-0.05, 0) is 19.8 Å². The molecular weight excluding hydrogens is 126 g/mol. The first-order valence-corrected chi connectivity index (χ1v) is 4.20. The Balaban J connectivity index is 2.01. The second kappa shape index (κ2) is 3.94. The number of hydrogen-bond acceptors (Lipinski definition) is 2. The summed E-state index contributed by atoms with van der Waals surface area (Å²) in [7, 11) is 0. The van der Waals surface area contributed by atoms with Crippen molar-refractivity contribution in [1.82, 2.24) is 5.32 Å². The molecule has 60 valence electrons. The predicted molar refractivity (Wildman–Crippen MR) is 41.9 cm³/mol. The van der Waals surface area contributed by atoms with Crippen molar-refractivity contribution in [3.63, 3.8) is 0 Å². The summed E-state index contributed by atoms with van der Waals surface area (Å²) < 4.78 is 0. The van der Waals surface area contributed by atoms with Gasteiger partial charge in [0.05, 0.1) is 6.10 Å². The molecule has 1 fully saturated rings. The molecule has 10 heavy (non-hydrogen) atoms. The van der Waals surface area contributed by atoms with E-state index in [1.54, 1.807) is 0 Å². The Morgan fingerprint density at radius 1 is 1.50 bits per heavy atom. The highest BCUT2D eigenvalue weighted by molar-refractivity contribution is 4.73. The molecule has 1 atom stereocenters. The Morgan fingerprint density at radius 3 is 2.60 bits per heavy atom. The zero-order chi connectivity index (χ0) is 7.40. The first kappa shape index (κ1) is 8.02. The Bertz CT molecular complexity index is 87.3. The molecule has 0 aliphatic heterocycles. The van der Waals surface area contributed by atoms with Crippen LogP contribution in [0.5, 0.6) is 0 Å².